The van der Waals surface area contributed by atoms with Crippen molar-refractivity contribution in [3.8, 4) is 0 Å². The average Bonchev–Trinajstić information content (AvgIpc) is 2.41. The van der Waals surface area contributed by atoms with E-state index in [1.807, 2.05) is 31.2 Å². The standard InChI is InChI=1S/C14H20BrNO2S/c1-3-12(16)14(19-9-13(17)18-4-2)10-5-7-11(15)8-6-10/h5-8,12,14H,3-4,9,16H2,1-2H3. The lowest BCUT2D eigenvalue weighted by Crippen LogP contribution is -2.26. The fourth-order valence-electron chi connectivity index (χ4n) is 1.69. The summed E-state index contributed by atoms with van der Waals surface area (Å²) in [6.45, 7) is 4.29. The molecule has 2 unspecified atom stereocenters. The van der Waals surface area contributed by atoms with Gasteiger partial charge in [-0.1, -0.05) is 35.0 Å². The molecule has 0 amide bonds. The summed E-state index contributed by atoms with van der Waals surface area (Å²) >= 11 is 4.97. The third-order valence-corrected chi connectivity index (χ3v) is 4.66. The SMILES string of the molecule is CCOC(=O)CSC(c1ccc(Br)cc1)C(N)CC. The van der Waals surface area contributed by atoms with Crippen molar-refractivity contribution in [1.29, 1.82) is 0 Å². The van der Waals surface area contributed by atoms with E-state index in [1.54, 1.807) is 11.8 Å². The third kappa shape index (κ3) is 5.55. The number of rotatable bonds is 7. The molecule has 0 bridgehead atoms. The maximum Gasteiger partial charge on any atom is 0.315 e. The fourth-order valence-corrected chi connectivity index (χ4v) is 3.15. The minimum atomic E-state index is -0.182. The Bertz CT molecular complexity index is 397. The molecule has 1 rings (SSSR count). The van der Waals surface area contributed by atoms with Crippen LogP contribution >= 0.6 is 27.7 Å². The van der Waals surface area contributed by atoms with E-state index in [0.29, 0.717) is 12.4 Å². The molecule has 2 atom stereocenters. The zero-order valence-corrected chi connectivity index (χ0v) is 13.7. The Hall–Kier alpha value is -0.520. The molecule has 0 radical (unpaired) electrons. The highest BCUT2D eigenvalue weighted by Crippen LogP contribution is 2.33. The zero-order valence-electron chi connectivity index (χ0n) is 11.3. The molecule has 3 nitrogen and oxygen atoms in total. The van der Waals surface area contributed by atoms with E-state index in [1.165, 1.54) is 0 Å². The first kappa shape index (κ1) is 16.5. The molecule has 0 saturated heterocycles. The summed E-state index contributed by atoms with van der Waals surface area (Å²) in [7, 11) is 0. The van der Waals surface area contributed by atoms with Crippen LogP contribution in [0.2, 0.25) is 0 Å². The number of halogens is 1. The first-order valence-electron chi connectivity index (χ1n) is 6.36. The fraction of sp³-hybridized carbons (Fsp3) is 0.500. The summed E-state index contributed by atoms with van der Waals surface area (Å²) < 4.78 is 5.99. The molecule has 0 aliphatic heterocycles. The van der Waals surface area contributed by atoms with Crippen LogP contribution in [0.15, 0.2) is 28.7 Å². The summed E-state index contributed by atoms with van der Waals surface area (Å²) in [6, 6.07) is 8.11. The van der Waals surface area contributed by atoms with Gasteiger partial charge in [-0.25, -0.2) is 0 Å². The Labute approximate surface area is 127 Å². The van der Waals surface area contributed by atoms with Crippen molar-refractivity contribution in [2.45, 2.75) is 31.6 Å². The van der Waals surface area contributed by atoms with Gasteiger partial charge in [0.2, 0.25) is 0 Å². The summed E-state index contributed by atoms with van der Waals surface area (Å²) in [4.78, 5) is 11.5. The van der Waals surface area contributed by atoms with Gasteiger partial charge in [-0.3, -0.25) is 4.79 Å². The quantitative estimate of drug-likeness (QED) is 0.768. The third-order valence-electron chi connectivity index (χ3n) is 2.74. The maximum absolute atomic E-state index is 11.5. The Morgan fingerprint density at radius 3 is 2.53 bits per heavy atom. The molecule has 5 heteroatoms. The molecule has 106 valence electrons. The molecule has 0 aromatic heterocycles. The summed E-state index contributed by atoms with van der Waals surface area (Å²) in [5.74, 6) is 0.153. The molecule has 0 fully saturated rings. The number of ether oxygens (including phenoxy) is 1. The van der Waals surface area contributed by atoms with Crippen LogP contribution in [0.5, 0.6) is 0 Å². The number of esters is 1. The second kappa shape index (κ2) is 8.61. The Morgan fingerprint density at radius 2 is 2.00 bits per heavy atom. The first-order chi connectivity index (χ1) is 9.08. The van der Waals surface area contributed by atoms with Crippen molar-refractivity contribution in [2.24, 2.45) is 5.73 Å². The van der Waals surface area contributed by atoms with Crippen molar-refractivity contribution < 1.29 is 9.53 Å². The lowest BCUT2D eigenvalue weighted by atomic mass is 10.0. The molecule has 0 aliphatic rings. The summed E-state index contributed by atoms with van der Waals surface area (Å²) in [6.07, 6.45) is 0.872. The van der Waals surface area contributed by atoms with Gasteiger partial charge in [0.25, 0.3) is 0 Å². The highest BCUT2D eigenvalue weighted by Gasteiger charge is 2.20. The normalized spacial score (nSPS) is 13.9. The van der Waals surface area contributed by atoms with Gasteiger partial charge < -0.3 is 10.5 Å². The summed E-state index contributed by atoms with van der Waals surface area (Å²) in [5.41, 5.74) is 7.31. The average molecular weight is 346 g/mol. The molecule has 0 saturated carbocycles. The molecule has 19 heavy (non-hydrogen) atoms. The van der Waals surface area contributed by atoms with Gasteiger partial charge in [0, 0.05) is 15.8 Å². The Morgan fingerprint density at radius 1 is 1.37 bits per heavy atom. The highest BCUT2D eigenvalue weighted by molar-refractivity contribution is 9.10. The van der Waals surface area contributed by atoms with Crippen LogP contribution in [0.25, 0.3) is 0 Å². The van der Waals surface area contributed by atoms with Gasteiger partial charge in [-0.05, 0) is 31.0 Å². The van der Waals surface area contributed by atoms with E-state index in [9.17, 15) is 4.79 Å². The number of hydrogen-bond donors (Lipinski definition) is 1. The molecule has 1 aromatic rings. The minimum Gasteiger partial charge on any atom is -0.465 e. The molecule has 0 aliphatic carbocycles. The van der Waals surface area contributed by atoms with Crippen LogP contribution in [-0.4, -0.2) is 24.4 Å². The number of carbonyl (C=O) groups excluding carboxylic acids is 1. The van der Waals surface area contributed by atoms with Gasteiger partial charge in [0.1, 0.15) is 0 Å². The Balaban J connectivity index is 2.72. The van der Waals surface area contributed by atoms with Crippen LogP contribution in [0, 0.1) is 0 Å². The molecule has 2 N–H and O–H groups in total. The van der Waals surface area contributed by atoms with Crippen molar-refractivity contribution in [2.75, 3.05) is 12.4 Å². The molecular formula is C14H20BrNO2S. The van der Waals surface area contributed by atoms with Crippen LogP contribution in [0.3, 0.4) is 0 Å². The summed E-state index contributed by atoms with van der Waals surface area (Å²) in [5, 5.41) is 0.113. The van der Waals surface area contributed by atoms with Crippen LogP contribution in [-0.2, 0) is 9.53 Å². The van der Waals surface area contributed by atoms with Crippen molar-refractivity contribution in [3.63, 3.8) is 0 Å². The van der Waals surface area contributed by atoms with Gasteiger partial charge >= 0.3 is 5.97 Å². The van der Waals surface area contributed by atoms with Gasteiger partial charge in [-0.15, -0.1) is 11.8 Å². The predicted octanol–water partition coefficient (Wildman–Crippen LogP) is 3.52. The van der Waals surface area contributed by atoms with Gasteiger partial charge in [0.05, 0.1) is 12.4 Å². The largest absolute Gasteiger partial charge is 0.465 e. The van der Waals surface area contributed by atoms with Crippen LogP contribution < -0.4 is 5.73 Å². The lowest BCUT2D eigenvalue weighted by molar-refractivity contribution is -0.139. The van der Waals surface area contributed by atoms with Gasteiger partial charge in [0.15, 0.2) is 0 Å². The van der Waals surface area contributed by atoms with Crippen LogP contribution in [0.1, 0.15) is 31.1 Å². The van der Waals surface area contributed by atoms with Crippen molar-refractivity contribution in [1.82, 2.24) is 0 Å². The topological polar surface area (TPSA) is 52.3 Å². The predicted molar refractivity (Wildman–Crippen MR) is 84.2 cm³/mol. The van der Waals surface area contributed by atoms with Crippen molar-refractivity contribution >= 4 is 33.7 Å². The second-order valence-corrected chi connectivity index (χ2v) is 6.21. The van der Waals surface area contributed by atoms with Gasteiger partial charge in [-0.2, -0.15) is 0 Å². The molecule has 1 aromatic carbocycles. The van der Waals surface area contributed by atoms with E-state index in [0.717, 1.165) is 16.5 Å². The first-order valence-corrected chi connectivity index (χ1v) is 8.20. The maximum atomic E-state index is 11.5. The second-order valence-electron chi connectivity index (χ2n) is 4.16. The smallest absolute Gasteiger partial charge is 0.315 e. The number of benzene rings is 1. The van der Waals surface area contributed by atoms with Crippen molar-refractivity contribution in [3.05, 3.63) is 34.3 Å². The zero-order chi connectivity index (χ0) is 14.3. The number of carbonyl (C=O) groups is 1. The highest BCUT2D eigenvalue weighted by atomic mass is 79.9. The number of hydrogen-bond acceptors (Lipinski definition) is 4. The number of thioether (sulfide) groups is 1. The number of nitrogens with two attached hydrogens (primary N) is 1. The minimum absolute atomic E-state index is 0.0283. The molecule has 0 spiro atoms. The van der Waals surface area contributed by atoms with E-state index in [2.05, 4.69) is 22.9 Å². The lowest BCUT2D eigenvalue weighted by Gasteiger charge is -2.22. The van der Waals surface area contributed by atoms with E-state index >= 15 is 0 Å². The van der Waals surface area contributed by atoms with E-state index in [-0.39, 0.29) is 17.3 Å². The van der Waals surface area contributed by atoms with Crippen LogP contribution in [0.4, 0.5) is 0 Å². The van der Waals surface area contributed by atoms with E-state index < -0.39 is 0 Å². The molecule has 0 heterocycles. The monoisotopic (exact) mass is 345 g/mol. The van der Waals surface area contributed by atoms with E-state index in [4.69, 9.17) is 10.5 Å². The molecular weight excluding hydrogens is 326 g/mol. The Kier molecular flexibility index (Phi) is 7.49.